The Morgan fingerprint density at radius 1 is 0.545 bits per heavy atom. The number of amides is 2. The highest BCUT2D eigenvalue weighted by atomic mass is 35.5. The first-order valence-electron chi connectivity index (χ1n) is 20.5. The molecule has 0 atom stereocenters. The zero-order valence-corrected chi connectivity index (χ0v) is 41.3. The molecule has 0 aliphatic rings. The highest BCUT2D eigenvalue weighted by Crippen LogP contribution is 2.33. The second-order valence-corrected chi connectivity index (χ2v) is 17.7. The fraction of sp³-hybridized carbons (Fsp3) is 0.320. The number of carbonyl (C=O) groups is 3. The van der Waals surface area contributed by atoms with Crippen LogP contribution in [0, 0.1) is 17.1 Å². The van der Waals surface area contributed by atoms with Crippen LogP contribution in [-0.2, 0) is 0 Å². The van der Waals surface area contributed by atoms with Gasteiger partial charge in [0, 0.05) is 0 Å². The molecule has 5 rings (SSSR count). The standard InChI is InChI=1S/C10H10ClF3O.C10H12ClNO.C10H10ClN.C10H11ClO2.C10H12FNO/c1-6(2)7-3-4-8(11)9(5-7)15-10(12,13)14;1-6(2)7-3-4-9(11)8(5-7)10(12)13;1-7(2)8-3-4-10(11)9(5-8)6-12;2*1-6(2)7-3-4-9(11)8(5-7)10(12)13/h3-6H,1-2H3;3-6H,1-2H3,(H2,12,13);3-5,7H,1-2H3;3-6H,1-2H3,(H,12,13);3-6H,1-2H3,(H2,12,13). The third-order valence-corrected chi connectivity index (χ3v) is 10.7. The Morgan fingerprint density at radius 2 is 0.879 bits per heavy atom. The number of ether oxygens (including phenoxy) is 1. The summed E-state index contributed by atoms with van der Waals surface area (Å²) in [6.07, 6.45) is -4.71. The van der Waals surface area contributed by atoms with E-state index in [0.29, 0.717) is 38.9 Å². The fourth-order valence-corrected chi connectivity index (χ4v) is 6.04. The van der Waals surface area contributed by atoms with E-state index in [4.69, 9.17) is 68.2 Å². The number of alkyl halides is 3. The van der Waals surface area contributed by atoms with Crippen molar-refractivity contribution in [3.8, 4) is 11.8 Å². The van der Waals surface area contributed by atoms with Crippen molar-refractivity contribution in [1.82, 2.24) is 0 Å². The third-order valence-electron chi connectivity index (χ3n) is 9.36. The molecule has 8 nitrogen and oxygen atoms in total. The molecule has 2 amide bonds. The van der Waals surface area contributed by atoms with Crippen molar-refractivity contribution in [3.05, 3.63) is 167 Å². The van der Waals surface area contributed by atoms with Gasteiger partial charge in [0.1, 0.15) is 17.6 Å². The van der Waals surface area contributed by atoms with Crippen LogP contribution in [-0.4, -0.2) is 29.3 Å². The average molecular weight is 996 g/mol. The first-order chi connectivity index (χ1) is 30.5. The third kappa shape index (κ3) is 20.0. The quantitative estimate of drug-likeness (QED) is 0.125. The number of rotatable bonds is 9. The highest BCUT2D eigenvalue weighted by Gasteiger charge is 2.32. The first kappa shape index (κ1) is 58.7. The zero-order valence-electron chi connectivity index (χ0n) is 38.3. The molecule has 5 aromatic rings. The van der Waals surface area contributed by atoms with E-state index in [1.807, 2.05) is 79.7 Å². The van der Waals surface area contributed by atoms with Crippen LogP contribution in [0.2, 0.25) is 20.1 Å². The number of benzene rings is 5. The van der Waals surface area contributed by atoms with Crippen molar-refractivity contribution >= 4 is 64.2 Å². The summed E-state index contributed by atoms with van der Waals surface area (Å²) < 4.78 is 52.7. The van der Waals surface area contributed by atoms with Crippen molar-refractivity contribution < 1.29 is 41.8 Å². The van der Waals surface area contributed by atoms with Crippen LogP contribution in [0.3, 0.4) is 0 Å². The second-order valence-electron chi connectivity index (χ2n) is 16.1. The number of carboxylic acid groups (broad SMARTS) is 1. The number of halogens is 8. The topological polar surface area (TPSA) is 156 Å². The summed E-state index contributed by atoms with van der Waals surface area (Å²) in [5.74, 6) is -1.58. The maximum atomic E-state index is 13.0. The molecular formula is C50H55Cl4F4N3O5. The predicted molar refractivity (Wildman–Crippen MR) is 258 cm³/mol. The molecule has 16 heteroatoms. The minimum absolute atomic E-state index is 0.0359. The number of hydrogen-bond donors (Lipinski definition) is 3. The van der Waals surface area contributed by atoms with Gasteiger partial charge in [-0.25, -0.2) is 9.18 Å². The lowest BCUT2D eigenvalue weighted by atomic mass is 10.0. The van der Waals surface area contributed by atoms with Gasteiger partial charge in [0.15, 0.2) is 0 Å². The Bertz CT molecular complexity index is 2310. The van der Waals surface area contributed by atoms with Crippen molar-refractivity contribution in [2.75, 3.05) is 0 Å². The molecule has 0 saturated heterocycles. The molecule has 0 aliphatic heterocycles. The maximum absolute atomic E-state index is 13.0. The smallest absolute Gasteiger partial charge is 0.478 e. The Morgan fingerprint density at radius 3 is 1.26 bits per heavy atom. The monoisotopic (exact) mass is 993 g/mol. The molecule has 0 fully saturated rings. The van der Waals surface area contributed by atoms with Crippen molar-refractivity contribution in [3.63, 3.8) is 0 Å². The summed E-state index contributed by atoms with van der Waals surface area (Å²) in [7, 11) is 0. The van der Waals surface area contributed by atoms with Gasteiger partial charge in [-0.15, -0.1) is 13.2 Å². The number of carbonyl (C=O) groups excluding carboxylic acids is 2. The summed E-state index contributed by atoms with van der Waals surface area (Å²) in [6, 6.07) is 26.9. The largest absolute Gasteiger partial charge is 0.573 e. The highest BCUT2D eigenvalue weighted by molar-refractivity contribution is 6.34. The van der Waals surface area contributed by atoms with Crippen LogP contribution in [0.4, 0.5) is 17.6 Å². The summed E-state index contributed by atoms with van der Waals surface area (Å²) in [4.78, 5) is 32.4. The number of aromatic carboxylic acids is 1. The van der Waals surface area contributed by atoms with E-state index >= 15 is 0 Å². The van der Waals surface area contributed by atoms with Gasteiger partial charge in [-0.1, -0.05) is 146 Å². The number of nitriles is 1. The minimum atomic E-state index is -4.71. The number of hydrogen-bond acceptors (Lipinski definition) is 5. The molecule has 356 valence electrons. The van der Waals surface area contributed by atoms with Crippen LogP contribution >= 0.6 is 46.4 Å². The Kier molecular flexibility index (Phi) is 24.3. The number of primary amides is 2. The van der Waals surface area contributed by atoms with E-state index in [9.17, 15) is 31.9 Å². The Hall–Kier alpha value is -5.32. The molecular weight excluding hydrogens is 940 g/mol. The Labute approximate surface area is 404 Å². The van der Waals surface area contributed by atoms with Crippen LogP contribution in [0.1, 0.15) is 163 Å². The van der Waals surface area contributed by atoms with Crippen LogP contribution < -0.4 is 16.2 Å². The molecule has 0 aliphatic carbocycles. The van der Waals surface area contributed by atoms with Crippen molar-refractivity contribution in [1.29, 1.82) is 5.26 Å². The summed E-state index contributed by atoms with van der Waals surface area (Å²) >= 11 is 22.9. The van der Waals surface area contributed by atoms with Gasteiger partial charge in [-0.05, 0) is 118 Å². The van der Waals surface area contributed by atoms with Gasteiger partial charge in [0.05, 0.1) is 42.3 Å². The van der Waals surface area contributed by atoms with E-state index in [2.05, 4.69) is 24.7 Å². The van der Waals surface area contributed by atoms with E-state index in [1.54, 1.807) is 42.5 Å². The number of nitrogens with two attached hydrogens (primary N) is 2. The number of nitrogens with zero attached hydrogens (tertiary/aromatic N) is 1. The lowest BCUT2D eigenvalue weighted by Crippen LogP contribution is -2.17. The van der Waals surface area contributed by atoms with Gasteiger partial charge in [0.2, 0.25) is 5.91 Å². The molecule has 0 bridgehead atoms. The summed E-state index contributed by atoms with van der Waals surface area (Å²) in [6.45, 7) is 20.0. The van der Waals surface area contributed by atoms with E-state index in [0.717, 1.165) is 27.8 Å². The van der Waals surface area contributed by atoms with E-state index in [-0.39, 0.29) is 38.8 Å². The first-order valence-corrected chi connectivity index (χ1v) is 22.0. The van der Waals surface area contributed by atoms with Crippen LogP contribution in [0.15, 0.2) is 91.0 Å². The summed E-state index contributed by atoms with van der Waals surface area (Å²) in [5, 5.41) is 18.7. The predicted octanol–water partition coefficient (Wildman–Crippen LogP) is 15.5. The minimum Gasteiger partial charge on any atom is -0.478 e. The molecule has 0 radical (unpaired) electrons. The van der Waals surface area contributed by atoms with Crippen molar-refractivity contribution in [2.45, 2.75) is 105 Å². The Balaban J connectivity index is 0.000000413. The molecule has 5 aromatic carbocycles. The van der Waals surface area contributed by atoms with Gasteiger partial charge in [-0.3, -0.25) is 9.59 Å². The van der Waals surface area contributed by atoms with Gasteiger partial charge >= 0.3 is 12.3 Å². The second kappa shape index (κ2) is 27.4. The van der Waals surface area contributed by atoms with Gasteiger partial charge in [0.25, 0.3) is 5.91 Å². The SMILES string of the molecule is CC(C)c1ccc(Cl)c(C#N)c1.CC(C)c1ccc(Cl)c(C(=O)O)c1.CC(C)c1ccc(Cl)c(C(N)=O)c1.CC(C)c1ccc(Cl)c(OC(F)(F)F)c1.CC(C)c1ccc(F)c(C(N)=O)c1. The lowest BCUT2D eigenvalue weighted by molar-refractivity contribution is -0.274. The molecule has 66 heavy (non-hydrogen) atoms. The zero-order chi connectivity index (χ0) is 50.8. The average Bonchev–Trinajstić information content (AvgIpc) is 3.22. The van der Waals surface area contributed by atoms with E-state index < -0.39 is 30.0 Å². The molecule has 5 N–H and O–H groups in total. The molecule has 0 aromatic heterocycles. The normalized spacial score (nSPS) is 10.7. The fourth-order valence-electron chi connectivity index (χ4n) is 5.32. The lowest BCUT2D eigenvalue weighted by Gasteiger charge is -2.13. The molecule has 0 unspecified atom stereocenters. The summed E-state index contributed by atoms with van der Waals surface area (Å²) in [5.41, 5.74) is 16.1. The number of carboxylic acids is 1. The van der Waals surface area contributed by atoms with Gasteiger partial charge in [-0.2, -0.15) is 5.26 Å². The molecule has 0 heterocycles. The van der Waals surface area contributed by atoms with E-state index in [1.165, 1.54) is 24.3 Å². The molecule has 0 saturated carbocycles. The van der Waals surface area contributed by atoms with Gasteiger partial charge < -0.3 is 21.3 Å². The van der Waals surface area contributed by atoms with Crippen LogP contribution in [0.25, 0.3) is 0 Å². The van der Waals surface area contributed by atoms with Crippen LogP contribution in [0.5, 0.6) is 5.75 Å². The van der Waals surface area contributed by atoms with Crippen molar-refractivity contribution in [2.24, 2.45) is 11.5 Å². The molecule has 0 spiro atoms. The maximum Gasteiger partial charge on any atom is 0.573 e.